The van der Waals surface area contributed by atoms with Crippen LogP contribution in [0, 0.1) is 5.92 Å². The summed E-state index contributed by atoms with van der Waals surface area (Å²) < 4.78 is 2.15. The third-order valence-electron chi connectivity index (χ3n) is 3.00. The van der Waals surface area contributed by atoms with Crippen LogP contribution in [-0.4, -0.2) is 33.6 Å². The summed E-state index contributed by atoms with van der Waals surface area (Å²) >= 11 is 2.08. The average molecular weight is 239 g/mol. The zero-order valence-corrected chi connectivity index (χ0v) is 10.7. The van der Waals surface area contributed by atoms with Crippen LogP contribution in [0.3, 0.4) is 0 Å². The van der Waals surface area contributed by atoms with Gasteiger partial charge in [-0.1, -0.05) is 6.92 Å². The number of nitrogens with zero attached hydrogens (tertiary/aromatic N) is 2. The van der Waals surface area contributed by atoms with Gasteiger partial charge in [0, 0.05) is 30.7 Å². The van der Waals surface area contributed by atoms with Gasteiger partial charge in [0.05, 0.1) is 6.33 Å². The summed E-state index contributed by atoms with van der Waals surface area (Å²) in [5, 5.41) is 3.68. The van der Waals surface area contributed by atoms with Crippen molar-refractivity contribution in [1.29, 1.82) is 0 Å². The van der Waals surface area contributed by atoms with Gasteiger partial charge in [0.25, 0.3) is 0 Å². The number of thioether (sulfide) groups is 1. The lowest BCUT2D eigenvalue weighted by atomic mass is 10.1. The molecule has 1 fully saturated rings. The smallest absolute Gasteiger partial charge is 0.0946 e. The Morgan fingerprint density at radius 3 is 3.25 bits per heavy atom. The van der Waals surface area contributed by atoms with Crippen molar-refractivity contribution in [3.63, 3.8) is 0 Å². The molecular weight excluding hydrogens is 218 g/mol. The number of aromatic nitrogens is 2. The van der Waals surface area contributed by atoms with Gasteiger partial charge in [0.1, 0.15) is 0 Å². The van der Waals surface area contributed by atoms with E-state index in [0.717, 1.165) is 19.1 Å². The molecule has 0 saturated carbocycles. The van der Waals surface area contributed by atoms with Crippen molar-refractivity contribution in [2.75, 3.05) is 18.1 Å². The summed E-state index contributed by atoms with van der Waals surface area (Å²) in [7, 11) is 0. The molecule has 0 aliphatic carbocycles. The Kier molecular flexibility index (Phi) is 4.72. The molecule has 0 radical (unpaired) electrons. The molecule has 1 aromatic rings. The molecule has 1 N–H and O–H groups in total. The van der Waals surface area contributed by atoms with Crippen LogP contribution in [0.4, 0.5) is 0 Å². The molecule has 0 aromatic carbocycles. The largest absolute Gasteiger partial charge is 0.337 e. The molecule has 0 spiro atoms. The second-order valence-electron chi connectivity index (χ2n) is 4.69. The second-order valence-corrected chi connectivity index (χ2v) is 5.84. The van der Waals surface area contributed by atoms with Crippen molar-refractivity contribution in [2.45, 2.75) is 32.4 Å². The van der Waals surface area contributed by atoms with Crippen LogP contribution in [0.25, 0.3) is 0 Å². The highest BCUT2D eigenvalue weighted by Crippen LogP contribution is 2.17. The first-order valence-electron chi connectivity index (χ1n) is 6.11. The van der Waals surface area contributed by atoms with Crippen molar-refractivity contribution in [2.24, 2.45) is 5.92 Å². The fourth-order valence-electron chi connectivity index (χ4n) is 2.09. The Morgan fingerprint density at radius 2 is 2.56 bits per heavy atom. The standard InChI is InChI=1S/C12H21N3S/c1-11(8-15-5-4-13-10-15)7-14-12-3-2-6-16-9-12/h4-5,10-12,14H,2-3,6-9H2,1H3. The maximum Gasteiger partial charge on any atom is 0.0946 e. The number of nitrogens with one attached hydrogen (secondary N) is 1. The fourth-order valence-corrected chi connectivity index (χ4v) is 3.20. The van der Waals surface area contributed by atoms with Crippen LogP contribution in [0.1, 0.15) is 19.8 Å². The van der Waals surface area contributed by atoms with E-state index in [4.69, 9.17) is 0 Å². The van der Waals surface area contributed by atoms with Crippen LogP contribution in [-0.2, 0) is 6.54 Å². The molecular formula is C12H21N3S. The van der Waals surface area contributed by atoms with Gasteiger partial charge in [-0.3, -0.25) is 0 Å². The Balaban J connectivity index is 1.65. The van der Waals surface area contributed by atoms with Crippen LogP contribution < -0.4 is 5.32 Å². The number of rotatable bonds is 5. The molecule has 1 aliphatic rings. The molecule has 2 unspecified atom stereocenters. The van der Waals surface area contributed by atoms with Gasteiger partial charge in [-0.2, -0.15) is 11.8 Å². The minimum absolute atomic E-state index is 0.668. The SMILES string of the molecule is CC(CNC1CCCSC1)Cn1ccnc1. The van der Waals surface area contributed by atoms with Gasteiger partial charge >= 0.3 is 0 Å². The van der Waals surface area contributed by atoms with E-state index in [1.165, 1.54) is 24.3 Å². The first kappa shape index (κ1) is 12.0. The fraction of sp³-hybridized carbons (Fsp3) is 0.750. The molecule has 4 heteroatoms. The van der Waals surface area contributed by atoms with Crippen molar-refractivity contribution in [3.8, 4) is 0 Å². The highest BCUT2D eigenvalue weighted by Gasteiger charge is 2.13. The van der Waals surface area contributed by atoms with Crippen molar-refractivity contribution in [3.05, 3.63) is 18.7 Å². The highest BCUT2D eigenvalue weighted by atomic mass is 32.2. The lowest BCUT2D eigenvalue weighted by Crippen LogP contribution is -2.37. The Labute approximate surface area is 102 Å². The molecule has 0 bridgehead atoms. The van der Waals surface area contributed by atoms with Gasteiger partial charge in [-0.05, 0) is 31.1 Å². The van der Waals surface area contributed by atoms with E-state index in [0.29, 0.717) is 5.92 Å². The molecule has 2 rings (SSSR count). The molecule has 2 heterocycles. The van der Waals surface area contributed by atoms with Crippen LogP contribution in [0.2, 0.25) is 0 Å². The molecule has 16 heavy (non-hydrogen) atoms. The maximum absolute atomic E-state index is 4.06. The minimum atomic E-state index is 0.668. The van der Waals surface area contributed by atoms with Crippen LogP contribution >= 0.6 is 11.8 Å². The predicted octanol–water partition coefficient (Wildman–Crippen LogP) is 2.00. The molecule has 2 atom stereocenters. The third kappa shape index (κ3) is 3.83. The van der Waals surface area contributed by atoms with Gasteiger partial charge in [-0.25, -0.2) is 4.98 Å². The van der Waals surface area contributed by atoms with E-state index in [1.54, 1.807) is 0 Å². The summed E-state index contributed by atoms with van der Waals surface area (Å²) in [5.41, 5.74) is 0. The molecule has 0 amide bonds. The summed E-state index contributed by atoms with van der Waals surface area (Å²) in [6.07, 6.45) is 8.50. The van der Waals surface area contributed by atoms with E-state index >= 15 is 0 Å². The minimum Gasteiger partial charge on any atom is -0.337 e. The zero-order valence-electron chi connectivity index (χ0n) is 9.93. The van der Waals surface area contributed by atoms with Crippen molar-refractivity contribution in [1.82, 2.24) is 14.9 Å². The van der Waals surface area contributed by atoms with Gasteiger partial charge in [-0.15, -0.1) is 0 Å². The summed E-state index contributed by atoms with van der Waals surface area (Å²) in [4.78, 5) is 4.06. The van der Waals surface area contributed by atoms with Crippen LogP contribution in [0.5, 0.6) is 0 Å². The molecule has 1 aromatic heterocycles. The Morgan fingerprint density at radius 1 is 1.62 bits per heavy atom. The lowest BCUT2D eigenvalue weighted by molar-refractivity contribution is 0.406. The highest BCUT2D eigenvalue weighted by molar-refractivity contribution is 7.99. The Bertz CT molecular complexity index is 280. The van der Waals surface area contributed by atoms with E-state index in [9.17, 15) is 0 Å². The predicted molar refractivity (Wildman–Crippen MR) is 69.7 cm³/mol. The van der Waals surface area contributed by atoms with Gasteiger partial charge < -0.3 is 9.88 Å². The number of hydrogen-bond acceptors (Lipinski definition) is 3. The molecule has 90 valence electrons. The maximum atomic E-state index is 4.06. The third-order valence-corrected chi connectivity index (χ3v) is 4.21. The number of imidazole rings is 1. The van der Waals surface area contributed by atoms with E-state index in [-0.39, 0.29) is 0 Å². The van der Waals surface area contributed by atoms with Crippen LogP contribution in [0.15, 0.2) is 18.7 Å². The first-order valence-corrected chi connectivity index (χ1v) is 7.27. The van der Waals surface area contributed by atoms with Gasteiger partial charge in [0.15, 0.2) is 0 Å². The molecule has 1 saturated heterocycles. The second kappa shape index (κ2) is 6.30. The Hall–Kier alpha value is -0.480. The quantitative estimate of drug-likeness (QED) is 0.852. The van der Waals surface area contributed by atoms with E-state index in [2.05, 4.69) is 33.6 Å². The molecule has 3 nitrogen and oxygen atoms in total. The summed E-state index contributed by atoms with van der Waals surface area (Å²) in [5.74, 6) is 3.31. The normalized spacial score (nSPS) is 23.2. The average Bonchev–Trinajstić information content (AvgIpc) is 2.81. The van der Waals surface area contributed by atoms with E-state index in [1.807, 2.05) is 18.7 Å². The van der Waals surface area contributed by atoms with Gasteiger partial charge in [0.2, 0.25) is 0 Å². The molecule has 1 aliphatic heterocycles. The topological polar surface area (TPSA) is 29.9 Å². The first-order chi connectivity index (χ1) is 7.84. The monoisotopic (exact) mass is 239 g/mol. The van der Waals surface area contributed by atoms with E-state index < -0.39 is 0 Å². The van der Waals surface area contributed by atoms with Crippen molar-refractivity contribution >= 4 is 11.8 Å². The zero-order chi connectivity index (χ0) is 11.2. The lowest BCUT2D eigenvalue weighted by Gasteiger charge is -2.24. The summed E-state index contributed by atoms with van der Waals surface area (Å²) in [6, 6.07) is 0.740. The number of hydrogen-bond donors (Lipinski definition) is 1. The van der Waals surface area contributed by atoms with Crippen molar-refractivity contribution < 1.29 is 0 Å². The summed E-state index contributed by atoms with van der Waals surface area (Å²) in [6.45, 7) is 4.47.